The Morgan fingerprint density at radius 1 is 1.15 bits per heavy atom. The van der Waals surface area contributed by atoms with Crippen LogP contribution in [-0.4, -0.2) is 17.4 Å². The largest absolute Gasteiger partial charge is 0.435 e. The molecule has 0 aliphatic carbocycles. The van der Waals surface area contributed by atoms with E-state index in [0.29, 0.717) is 11.3 Å². The number of ether oxygens (including phenoxy) is 1. The molecule has 0 unspecified atom stereocenters. The normalized spacial score (nSPS) is 10.9. The first kappa shape index (κ1) is 13.9. The van der Waals surface area contributed by atoms with Gasteiger partial charge < -0.3 is 4.74 Å². The topological polar surface area (TPSA) is 39.2 Å². The molecule has 20 heavy (non-hydrogen) atoms. The number of aromatic nitrogens is 1. The Kier molecular flexibility index (Phi) is 4.55. The molecule has 1 aromatic heterocycles. The van der Waals surface area contributed by atoms with Crippen molar-refractivity contribution in [3.8, 4) is 5.75 Å². The Balaban J connectivity index is 2.04. The van der Waals surface area contributed by atoms with Gasteiger partial charge in [-0.2, -0.15) is 8.78 Å². The molecule has 0 atom stereocenters. The third kappa shape index (κ3) is 3.98. The molecule has 1 aromatic carbocycles. The highest BCUT2D eigenvalue weighted by Gasteiger charge is 2.06. The highest BCUT2D eigenvalue weighted by molar-refractivity contribution is 6.06. The number of halogens is 2. The minimum absolute atomic E-state index is 0.0188. The van der Waals surface area contributed by atoms with Crippen molar-refractivity contribution in [2.45, 2.75) is 6.61 Å². The van der Waals surface area contributed by atoms with Crippen LogP contribution in [0.3, 0.4) is 0 Å². The molecule has 0 fully saturated rings. The monoisotopic (exact) mass is 275 g/mol. The van der Waals surface area contributed by atoms with Crippen LogP contribution in [0.1, 0.15) is 16.1 Å². The Morgan fingerprint density at radius 3 is 2.50 bits per heavy atom. The second kappa shape index (κ2) is 6.56. The van der Waals surface area contributed by atoms with E-state index in [1.165, 1.54) is 30.3 Å². The molecule has 0 spiro atoms. The number of allylic oxidation sites excluding steroid dienone is 1. The van der Waals surface area contributed by atoms with Gasteiger partial charge in [-0.3, -0.25) is 9.78 Å². The molecule has 5 heteroatoms. The number of rotatable bonds is 5. The van der Waals surface area contributed by atoms with Crippen LogP contribution in [-0.2, 0) is 0 Å². The number of carbonyl (C=O) groups is 1. The van der Waals surface area contributed by atoms with Crippen molar-refractivity contribution in [3.63, 3.8) is 0 Å². The lowest BCUT2D eigenvalue weighted by molar-refractivity contribution is -0.0498. The molecule has 102 valence electrons. The average molecular weight is 275 g/mol. The van der Waals surface area contributed by atoms with Crippen molar-refractivity contribution in [3.05, 3.63) is 66.0 Å². The summed E-state index contributed by atoms with van der Waals surface area (Å²) in [6.45, 7) is -2.87. The van der Waals surface area contributed by atoms with E-state index in [2.05, 4.69) is 9.72 Å². The minimum Gasteiger partial charge on any atom is -0.435 e. The number of pyridine rings is 1. The predicted octanol–water partition coefficient (Wildman–Crippen LogP) is 3.58. The first-order valence-electron chi connectivity index (χ1n) is 5.83. The Labute approximate surface area is 114 Å². The highest BCUT2D eigenvalue weighted by Crippen LogP contribution is 2.15. The van der Waals surface area contributed by atoms with Crippen LogP contribution in [0.2, 0.25) is 0 Å². The van der Waals surface area contributed by atoms with Crippen LogP contribution >= 0.6 is 0 Å². The fourth-order valence-electron chi connectivity index (χ4n) is 1.53. The lowest BCUT2D eigenvalue weighted by Gasteiger charge is -2.04. The second-order valence-corrected chi connectivity index (χ2v) is 3.86. The van der Waals surface area contributed by atoms with Gasteiger partial charge in [-0.25, -0.2) is 0 Å². The van der Waals surface area contributed by atoms with Crippen LogP contribution in [0.15, 0.2) is 54.7 Å². The zero-order valence-corrected chi connectivity index (χ0v) is 10.4. The SMILES string of the molecule is O=C(/C=C/c1ccccn1)c1ccc(OC(F)F)cc1. The zero-order chi connectivity index (χ0) is 14.4. The summed E-state index contributed by atoms with van der Waals surface area (Å²) < 4.78 is 28.2. The molecule has 0 bridgehead atoms. The molecule has 2 aromatic rings. The predicted molar refractivity (Wildman–Crippen MR) is 70.7 cm³/mol. The molecule has 0 saturated carbocycles. The molecule has 0 N–H and O–H groups in total. The fraction of sp³-hybridized carbons (Fsp3) is 0.0667. The van der Waals surface area contributed by atoms with Crippen molar-refractivity contribution in [1.82, 2.24) is 4.98 Å². The standard InChI is InChI=1S/C15H11F2NO2/c16-15(17)20-13-7-4-11(5-8-13)14(19)9-6-12-3-1-2-10-18-12/h1-10,15H/b9-6+. The number of carbonyl (C=O) groups excluding carboxylic acids is 1. The zero-order valence-electron chi connectivity index (χ0n) is 10.4. The Hall–Kier alpha value is -2.56. The van der Waals surface area contributed by atoms with Crippen molar-refractivity contribution in [2.24, 2.45) is 0 Å². The van der Waals surface area contributed by atoms with Crippen molar-refractivity contribution in [2.75, 3.05) is 0 Å². The number of hydrogen-bond acceptors (Lipinski definition) is 3. The summed E-state index contributed by atoms with van der Waals surface area (Å²) in [6, 6.07) is 10.9. The number of nitrogens with zero attached hydrogens (tertiary/aromatic N) is 1. The Bertz CT molecular complexity index is 595. The van der Waals surface area contributed by atoms with Gasteiger partial charge in [-0.1, -0.05) is 6.07 Å². The second-order valence-electron chi connectivity index (χ2n) is 3.86. The van der Waals surface area contributed by atoms with E-state index in [1.54, 1.807) is 24.4 Å². The fourth-order valence-corrected chi connectivity index (χ4v) is 1.53. The van der Waals surface area contributed by atoms with Crippen molar-refractivity contribution >= 4 is 11.9 Å². The van der Waals surface area contributed by atoms with E-state index >= 15 is 0 Å². The van der Waals surface area contributed by atoms with Gasteiger partial charge in [0.1, 0.15) is 5.75 Å². The van der Waals surface area contributed by atoms with Gasteiger partial charge in [0.2, 0.25) is 0 Å². The molecular weight excluding hydrogens is 264 g/mol. The van der Waals surface area contributed by atoms with Gasteiger partial charge in [-0.05, 0) is 48.6 Å². The summed E-state index contributed by atoms with van der Waals surface area (Å²) in [5.74, 6) is -0.218. The van der Waals surface area contributed by atoms with Crippen LogP contribution in [0, 0.1) is 0 Å². The number of alkyl halides is 2. The summed E-state index contributed by atoms with van der Waals surface area (Å²) in [7, 11) is 0. The lowest BCUT2D eigenvalue weighted by Crippen LogP contribution is -2.02. The first-order valence-corrected chi connectivity index (χ1v) is 5.83. The number of benzene rings is 1. The molecule has 0 aliphatic rings. The highest BCUT2D eigenvalue weighted by atomic mass is 19.3. The summed E-state index contributed by atoms with van der Waals surface area (Å²) in [6.07, 6.45) is 4.60. The first-order chi connectivity index (χ1) is 9.65. The molecule has 1 heterocycles. The number of hydrogen-bond donors (Lipinski definition) is 0. The Morgan fingerprint density at radius 2 is 1.90 bits per heavy atom. The third-order valence-corrected chi connectivity index (χ3v) is 2.46. The van der Waals surface area contributed by atoms with Crippen LogP contribution in [0.25, 0.3) is 6.08 Å². The summed E-state index contributed by atoms with van der Waals surface area (Å²) >= 11 is 0. The molecule has 0 saturated heterocycles. The van der Waals surface area contributed by atoms with Crippen LogP contribution in [0.4, 0.5) is 8.78 Å². The van der Waals surface area contributed by atoms with Crippen molar-refractivity contribution < 1.29 is 18.3 Å². The average Bonchev–Trinajstić information content (AvgIpc) is 2.46. The third-order valence-electron chi connectivity index (χ3n) is 2.46. The van der Waals surface area contributed by atoms with E-state index in [1.807, 2.05) is 6.07 Å². The van der Waals surface area contributed by atoms with Gasteiger partial charge in [0, 0.05) is 11.8 Å². The molecule has 0 aliphatic heterocycles. The summed E-state index contributed by atoms with van der Waals surface area (Å²) in [4.78, 5) is 15.9. The number of ketones is 1. The van der Waals surface area contributed by atoms with Crippen LogP contribution < -0.4 is 4.74 Å². The summed E-state index contributed by atoms with van der Waals surface area (Å²) in [5.41, 5.74) is 1.05. The smallest absolute Gasteiger partial charge is 0.387 e. The quantitative estimate of drug-likeness (QED) is 0.618. The van der Waals surface area contributed by atoms with E-state index in [4.69, 9.17) is 0 Å². The maximum atomic E-state index is 12.0. The van der Waals surface area contributed by atoms with E-state index < -0.39 is 6.61 Å². The minimum atomic E-state index is -2.87. The van der Waals surface area contributed by atoms with Crippen LogP contribution in [0.5, 0.6) is 5.75 Å². The molecule has 2 rings (SSSR count). The maximum absolute atomic E-state index is 12.0. The maximum Gasteiger partial charge on any atom is 0.387 e. The van der Waals surface area contributed by atoms with Gasteiger partial charge in [-0.15, -0.1) is 0 Å². The van der Waals surface area contributed by atoms with Gasteiger partial charge in [0.15, 0.2) is 5.78 Å². The van der Waals surface area contributed by atoms with E-state index in [0.717, 1.165) is 0 Å². The molecule has 0 amide bonds. The van der Waals surface area contributed by atoms with Gasteiger partial charge in [0.05, 0.1) is 5.69 Å². The molecule has 3 nitrogen and oxygen atoms in total. The van der Waals surface area contributed by atoms with Gasteiger partial charge >= 0.3 is 6.61 Å². The van der Waals surface area contributed by atoms with E-state index in [9.17, 15) is 13.6 Å². The molecule has 0 radical (unpaired) electrons. The lowest BCUT2D eigenvalue weighted by atomic mass is 10.1. The van der Waals surface area contributed by atoms with Gasteiger partial charge in [0.25, 0.3) is 0 Å². The molecular formula is C15H11F2NO2. The van der Waals surface area contributed by atoms with Crippen molar-refractivity contribution in [1.29, 1.82) is 0 Å². The van der Waals surface area contributed by atoms with E-state index in [-0.39, 0.29) is 11.5 Å². The summed E-state index contributed by atoms with van der Waals surface area (Å²) in [5, 5.41) is 0.